The number of carbonyl (C=O) groups excluding carboxylic acids is 2. The first-order chi connectivity index (χ1) is 14.9. The Hall–Kier alpha value is -2.42. The van der Waals surface area contributed by atoms with Crippen molar-refractivity contribution < 1.29 is 18.0 Å². The van der Waals surface area contributed by atoms with Crippen molar-refractivity contribution in [1.29, 1.82) is 0 Å². The summed E-state index contributed by atoms with van der Waals surface area (Å²) in [5.41, 5.74) is 1.41. The largest absolute Gasteiger partial charge is 0.322 e. The number of hydrogen-bond acceptors (Lipinski definition) is 4. The first-order valence-electron chi connectivity index (χ1n) is 10.4. The second kappa shape index (κ2) is 8.98. The molecule has 0 atom stereocenters. The second-order valence-electron chi connectivity index (χ2n) is 7.76. The molecule has 9 heteroatoms. The van der Waals surface area contributed by atoms with Crippen LogP contribution in [0.4, 0.5) is 11.4 Å². The third-order valence-corrected chi connectivity index (χ3v) is 7.87. The number of rotatable bonds is 5. The van der Waals surface area contributed by atoms with Crippen LogP contribution in [0.1, 0.15) is 42.5 Å². The van der Waals surface area contributed by atoms with Crippen LogP contribution in [0.25, 0.3) is 0 Å². The quantitative estimate of drug-likeness (QED) is 0.731. The normalized spacial score (nSPS) is 17.7. The molecule has 4 rings (SSSR count). The minimum Gasteiger partial charge on any atom is -0.322 e. The molecule has 2 aliphatic rings. The molecule has 2 amide bonds. The minimum atomic E-state index is -3.67. The molecule has 0 aromatic heterocycles. The van der Waals surface area contributed by atoms with E-state index in [4.69, 9.17) is 11.6 Å². The molecule has 2 aliphatic heterocycles. The molecular formula is C22H24ClN3O4S. The van der Waals surface area contributed by atoms with E-state index in [1.807, 2.05) is 0 Å². The third kappa shape index (κ3) is 4.61. The number of nitrogens with one attached hydrogen (secondary N) is 1. The van der Waals surface area contributed by atoms with Gasteiger partial charge in [-0.25, -0.2) is 8.42 Å². The van der Waals surface area contributed by atoms with Gasteiger partial charge in [0.1, 0.15) is 0 Å². The molecule has 2 aromatic rings. The van der Waals surface area contributed by atoms with Crippen LogP contribution in [0.5, 0.6) is 0 Å². The maximum atomic E-state index is 12.9. The Labute approximate surface area is 187 Å². The Bertz CT molecular complexity index is 1100. The molecule has 1 N–H and O–H groups in total. The number of amides is 2. The topological polar surface area (TPSA) is 86.8 Å². The summed E-state index contributed by atoms with van der Waals surface area (Å²) in [4.78, 5) is 26.5. The van der Waals surface area contributed by atoms with Gasteiger partial charge in [0.25, 0.3) is 5.91 Å². The number of benzene rings is 2. The highest BCUT2D eigenvalue weighted by Crippen LogP contribution is 2.27. The fraction of sp³-hybridized carbons (Fsp3) is 0.364. The van der Waals surface area contributed by atoms with Gasteiger partial charge in [0, 0.05) is 37.4 Å². The zero-order valence-electron chi connectivity index (χ0n) is 17.0. The SMILES string of the molecule is O=C(Nc1ccc(N2CCCC2=O)cc1)c1cc(S(=O)(=O)N2CCCCC2)ccc1Cl. The van der Waals surface area contributed by atoms with E-state index in [-0.39, 0.29) is 21.4 Å². The van der Waals surface area contributed by atoms with E-state index < -0.39 is 15.9 Å². The molecule has 164 valence electrons. The van der Waals surface area contributed by atoms with E-state index in [9.17, 15) is 18.0 Å². The average Bonchev–Trinajstić information content (AvgIpc) is 3.21. The van der Waals surface area contributed by atoms with Gasteiger partial charge in [-0.05, 0) is 61.7 Å². The van der Waals surface area contributed by atoms with Crippen LogP contribution in [0.3, 0.4) is 0 Å². The lowest BCUT2D eigenvalue weighted by Gasteiger charge is -2.26. The van der Waals surface area contributed by atoms with Crippen LogP contribution in [0.15, 0.2) is 47.4 Å². The molecule has 2 fully saturated rings. The molecule has 7 nitrogen and oxygen atoms in total. The van der Waals surface area contributed by atoms with E-state index >= 15 is 0 Å². The molecule has 31 heavy (non-hydrogen) atoms. The average molecular weight is 462 g/mol. The van der Waals surface area contributed by atoms with Crippen molar-refractivity contribution in [2.45, 2.75) is 37.0 Å². The standard InChI is InChI=1S/C22H24ClN3O4S/c23-20-11-10-18(31(29,30)25-12-2-1-3-13-25)15-19(20)22(28)24-16-6-8-17(9-7-16)26-14-4-5-21(26)27/h6-11,15H,1-5,12-14H2,(H,24,28). The summed E-state index contributed by atoms with van der Waals surface area (Å²) in [6.45, 7) is 1.66. The van der Waals surface area contributed by atoms with Crippen LogP contribution >= 0.6 is 11.6 Å². The van der Waals surface area contributed by atoms with Crippen LogP contribution < -0.4 is 10.2 Å². The van der Waals surface area contributed by atoms with E-state index in [0.717, 1.165) is 31.4 Å². The van der Waals surface area contributed by atoms with Crippen LogP contribution in [-0.2, 0) is 14.8 Å². The van der Waals surface area contributed by atoms with E-state index in [0.29, 0.717) is 31.7 Å². The van der Waals surface area contributed by atoms with E-state index in [1.54, 1.807) is 29.2 Å². The molecule has 0 aliphatic carbocycles. The molecular weight excluding hydrogens is 438 g/mol. The molecule has 0 spiro atoms. The van der Waals surface area contributed by atoms with Gasteiger partial charge in [-0.3, -0.25) is 9.59 Å². The van der Waals surface area contributed by atoms with Gasteiger partial charge >= 0.3 is 0 Å². The van der Waals surface area contributed by atoms with Gasteiger partial charge in [-0.15, -0.1) is 0 Å². The van der Waals surface area contributed by atoms with Crippen molar-refractivity contribution in [3.63, 3.8) is 0 Å². The summed E-state index contributed by atoms with van der Waals surface area (Å²) < 4.78 is 27.3. The van der Waals surface area contributed by atoms with Crippen molar-refractivity contribution >= 4 is 44.8 Å². The number of piperidine rings is 1. The van der Waals surface area contributed by atoms with Crippen LogP contribution in [-0.4, -0.2) is 44.2 Å². The summed E-state index contributed by atoms with van der Waals surface area (Å²) in [5, 5.41) is 2.93. The Morgan fingerprint density at radius 3 is 2.29 bits per heavy atom. The van der Waals surface area contributed by atoms with Crippen molar-refractivity contribution in [2.75, 3.05) is 29.9 Å². The number of anilines is 2. The molecule has 0 bridgehead atoms. The number of nitrogens with zero attached hydrogens (tertiary/aromatic N) is 2. The maximum absolute atomic E-state index is 12.9. The first kappa shape index (κ1) is 21.8. The predicted molar refractivity (Wildman–Crippen MR) is 120 cm³/mol. The van der Waals surface area contributed by atoms with Gasteiger partial charge in [0.2, 0.25) is 15.9 Å². The molecule has 0 saturated carbocycles. The Morgan fingerprint density at radius 1 is 0.935 bits per heavy atom. The number of halogens is 1. The first-order valence-corrected chi connectivity index (χ1v) is 12.2. The van der Waals surface area contributed by atoms with Crippen molar-refractivity contribution in [2.24, 2.45) is 0 Å². The fourth-order valence-corrected chi connectivity index (χ4v) is 5.68. The molecule has 2 heterocycles. The smallest absolute Gasteiger partial charge is 0.257 e. The third-order valence-electron chi connectivity index (χ3n) is 5.65. The van der Waals surface area contributed by atoms with E-state index in [2.05, 4.69) is 5.32 Å². The van der Waals surface area contributed by atoms with Gasteiger partial charge in [0.05, 0.1) is 15.5 Å². The highest BCUT2D eigenvalue weighted by atomic mass is 35.5. The summed E-state index contributed by atoms with van der Waals surface area (Å²) in [6.07, 6.45) is 4.07. The summed E-state index contributed by atoms with van der Waals surface area (Å²) in [7, 11) is -3.67. The van der Waals surface area contributed by atoms with Crippen LogP contribution in [0, 0.1) is 0 Å². The van der Waals surface area contributed by atoms with Crippen molar-refractivity contribution in [1.82, 2.24) is 4.31 Å². The summed E-state index contributed by atoms with van der Waals surface area (Å²) in [6, 6.07) is 11.2. The fourth-order valence-electron chi connectivity index (χ4n) is 3.94. The number of hydrogen-bond donors (Lipinski definition) is 1. The van der Waals surface area contributed by atoms with Gasteiger partial charge in [0.15, 0.2) is 0 Å². The molecule has 2 saturated heterocycles. The van der Waals surface area contributed by atoms with Crippen molar-refractivity contribution in [3.05, 3.63) is 53.1 Å². The molecule has 0 radical (unpaired) electrons. The lowest BCUT2D eigenvalue weighted by Crippen LogP contribution is -2.35. The van der Waals surface area contributed by atoms with Gasteiger partial charge in [-0.2, -0.15) is 4.31 Å². The zero-order chi connectivity index (χ0) is 22.0. The van der Waals surface area contributed by atoms with Gasteiger partial charge < -0.3 is 10.2 Å². The Morgan fingerprint density at radius 2 is 1.65 bits per heavy atom. The Kier molecular flexibility index (Phi) is 6.31. The number of sulfonamides is 1. The second-order valence-corrected chi connectivity index (χ2v) is 10.1. The lowest BCUT2D eigenvalue weighted by molar-refractivity contribution is -0.117. The molecule has 2 aromatic carbocycles. The lowest BCUT2D eigenvalue weighted by atomic mass is 10.2. The monoisotopic (exact) mass is 461 g/mol. The maximum Gasteiger partial charge on any atom is 0.257 e. The zero-order valence-corrected chi connectivity index (χ0v) is 18.6. The van der Waals surface area contributed by atoms with Crippen LogP contribution in [0.2, 0.25) is 5.02 Å². The predicted octanol–water partition coefficient (Wildman–Crippen LogP) is 3.89. The van der Waals surface area contributed by atoms with E-state index in [1.165, 1.54) is 22.5 Å². The molecule has 0 unspecified atom stereocenters. The number of carbonyl (C=O) groups is 2. The summed E-state index contributed by atoms with van der Waals surface area (Å²) >= 11 is 6.21. The summed E-state index contributed by atoms with van der Waals surface area (Å²) in [5.74, 6) is -0.402. The highest BCUT2D eigenvalue weighted by molar-refractivity contribution is 7.89. The highest BCUT2D eigenvalue weighted by Gasteiger charge is 2.27. The Balaban J connectivity index is 1.52. The van der Waals surface area contributed by atoms with Crippen molar-refractivity contribution in [3.8, 4) is 0 Å². The van der Waals surface area contributed by atoms with Gasteiger partial charge in [-0.1, -0.05) is 18.0 Å². The minimum absolute atomic E-state index is 0.0619.